The molecule has 8 nitrogen and oxygen atoms in total. The Morgan fingerprint density at radius 1 is 0.969 bits per heavy atom. The van der Waals surface area contributed by atoms with Crippen LogP contribution in [-0.2, 0) is 10.1 Å². The molecule has 0 fully saturated rings. The fourth-order valence-electron chi connectivity index (χ4n) is 3.13. The van der Waals surface area contributed by atoms with Gasteiger partial charge in [0.15, 0.2) is 0 Å². The van der Waals surface area contributed by atoms with Crippen molar-refractivity contribution in [1.29, 1.82) is 0 Å². The third kappa shape index (κ3) is 4.98. The van der Waals surface area contributed by atoms with Crippen LogP contribution in [0.3, 0.4) is 0 Å². The first-order valence-electron chi connectivity index (χ1n) is 9.16. The van der Waals surface area contributed by atoms with Crippen molar-refractivity contribution >= 4 is 38.0 Å². The summed E-state index contributed by atoms with van der Waals surface area (Å²) in [6.07, 6.45) is 1.53. The van der Waals surface area contributed by atoms with Crippen LogP contribution in [0, 0.1) is 0 Å². The maximum atomic E-state index is 11.7. The van der Waals surface area contributed by atoms with Gasteiger partial charge in [-0.15, -0.1) is 10.2 Å². The smallest absolute Gasteiger partial charge is 0.744 e. The maximum Gasteiger partial charge on any atom is 1.00 e. The van der Waals surface area contributed by atoms with Crippen molar-refractivity contribution in [3.05, 3.63) is 72.9 Å². The Morgan fingerprint density at radius 3 is 2.25 bits per heavy atom. The van der Waals surface area contributed by atoms with Crippen LogP contribution < -0.4 is 40.0 Å². The minimum absolute atomic E-state index is 0. The number of nitrogen functional groups attached to an aromatic ring is 1. The van der Waals surface area contributed by atoms with Crippen LogP contribution in [0.1, 0.15) is 0 Å². The molecule has 0 bridgehead atoms. The van der Waals surface area contributed by atoms with E-state index in [1.807, 2.05) is 24.3 Å². The Bertz CT molecular complexity index is 1390. The Morgan fingerprint density at radius 2 is 1.66 bits per heavy atom. The average molecular weight is 456 g/mol. The van der Waals surface area contributed by atoms with Crippen molar-refractivity contribution in [3.8, 4) is 17.0 Å². The minimum atomic E-state index is -4.72. The molecule has 156 valence electrons. The molecular formula is C22H17N4NaO4S. The number of pyridine rings is 1. The minimum Gasteiger partial charge on any atom is -0.744 e. The molecule has 0 aliphatic rings. The van der Waals surface area contributed by atoms with Gasteiger partial charge in [-0.2, -0.15) is 0 Å². The monoisotopic (exact) mass is 456 g/mol. The summed E-state index contributed by atoms with van der Waals surface area (Å²) < 4.78 is 40.3. The van der Waals surface area contributed by atoms with Crippen LogP contribution in [0.4, 0.5) is 17.1 Å². The van der Waals surface area contributed by atoms with Crippen molar-refractivity contribution < 1.29 is 47.3 Å². The summed E-state index contributed by atoms with van der Waals surface area (Å²) >= 11 is 0. The van der Waals surface area contributed by atoms with Crippen molar-refractivity contribution in [2.24, 2.45) is 10.2 Å². The molecular weight excluding hydrogens is 439 g/mol. The van der Waals surface area contributed by atoms with Crippen LogP contribution in [0.15, 0.2) is 88.1 Å². The second-order valence-electron chi connectivity index (χ2n) is 6.64. The quantitative estimate of drug-likeness (QED) is 0.211. The van der Waals surface area contributed by atoms with E-state index in [2.05, 4.69) is 15.2 Å². The molecule has 0 aliphatic heterocycles. The summed E-state index contributed by atoms with van der Waals surface area (Å²) in [7, 11) is -3.12. The molecule has 0 atom stereocenters. The van der Waals surface area contributed by atoms with E-state index in [0.717, 1.165) is 23.1 Å². The molecule has 0 spiro atoms. The van der Waals surface area contributed by atoms with E-state index in [9.17, 15) is 13.0 Å². The van der Waals surface area contributed by atoms with Gasteiger partial charge >= 0.3 is 29.6 Å². The van der Waals surface area contributed by atoms with E-state index in [-0.39, 0.29) is 51.2 Å². The van der Waals surface area contributed by atoms with Gasteiger partial charge in [-0.3, -0.25) is 4.98 Å². The Labute approximate surface area is 207 Å². The number of hydrogen-bond acceptors (Lipinski definition) is 8. The van der Waals surface area contributed by atoms with Gasteiger partial charge in [0.05, 0.1) is 29.6 Å². The maximum absolute atomic E-state index is 11.7. The number of methoxy groups -OCH3 is 1. The number of anilines is 1. The second-order valence-corrected chi connectivity index (χ2v) is 7.99. The number of azo groups is 1. The van der Waals surface area contributed by atoms with Crippen molar-refractivity contribution in [2.45, 2.75) is 4.90 Å². The molecule has 10 heteroatoms. The summed E-state index contributed by atoms with van der Waals surface area (Å²) in [5.41, 5.74) is 8.56. The van der Waals surface area contributed by atoms with Gasteiger partial charge in [-0.1, -0.05) is 24.3 Å². The second kappa shape index (κ2) is 9.76. The van der Waals surface area contributed by atoms with Gasteiger partial charge in [0, 0.05) is 16.3 Å². The number of rotatable bonds is 5. The van der Waals surface area contributed by atoms with Gasteiger partial charge in [-0.05, 0) is 42.5 Å². The Balaban J connectivity index is 0.00000289. The number of aromatic nitrogens is 1. The average Bonchev–Trinajstić information content (AvgIpc) is 2.78. The van der Waals surface area contributed by atoms with Gasteiger partial charge in [-0.25, -0.2) is 8.42 Å². The van der Waals surface area contributed by atoms with E-state index in [1.54, 1.807) is 37.4 Å². The topological polar surface area (TPSA) is 130 Å². The fraction of sp³-hybridized carbons (Fsp3) is 0.0455. The summed E-state index contributed by atoms with van der Waals surface area (Å²) in [6.45, 7) is 0. The summed E-state index contributed by atoms with van der Waals surface area (Å²) in [6, 6.07) is 18.6. The van der Waals surface area contributed by atoms with Crippen LogP contribution in [-0.4, -0.2) is 25.1 Å². The molecule has 0 saturated heterocycles. The zero-order chi connectivity index (χ0) is 22.0. The first-order chi connectivity index (χ1) is 14.9. The predicted molar refractivity (Wildman–Crippen MR) is 117 cm³/mol. The molecule has 0 aliphatic carbocycles. The third-order valence-electron chi connectivity index (χ3n) is 4.70. The number of nitrogens with zero attached hydrogens (tertiary/aromatic N) is 3. The molecule has 4 rings (SSSR count). The Kier molecular flexibility index (Phi) is 7.27. The number of nitrogens with two attached hydrogens (primary N) is 1. The Hall–Kier alpha value is -2.82. The molecule has 3 aromatic carbocycles. The summed E-state index contributed by atoms with van der Waals surface area (Å²) in [5.74, 6) is 0.751. The van der Waals surface area contributed by atoms with E-state index in [4.69, 9.17) is 10.5 Å². The molecule has 4 aromatic rings. The molecule has 2 N–H and O–H groups in total. The van der Waals surface area contributed by atoms with Gasteiger partial charge in [0.25, 0.3) is 0 Å². The number of fused-ring (bicyclic) bond motifs is 1. The van der Waals surface area contributed by atoms with Crippen molar-refractivity contribution in [2.75, 3.05) is 12.8 Å². The zero-order valence-corrected chi connectivity index (χ0v) is 20.2. The van der Waals surface area contributed by atoms with Crippen LogP contribution >= 0.6 is 0 Å². The molecule has 1 heterocycles. The molecule has 1 aromatic heterocycles. The zero-order valence-electron chi connectivity index (χ0n) is 17.4. The largest absolute Gasteiger partial charge is 1.00 e. The SMILES string of the molecule is COc1ccc(-c2ccc(N=Nc3cc(S(=O)(=O)[O-])c4ccccc4c3N)cn2)cc1.[Na+]. The van der Waals surface area contributed by atoms with Crippen molar-refractivity contribution in [1.82, 2.24) is 4.98 Å². The first-order valence-corrected chi connectivity index (χ1v) is 10.6. The van der Waals surface area contributed by atoms with E-state index in [0.29, 0.717) is 11.1 Å². The third-order valence-corrected chi connectivity index (χ3v) is 5.58. The van der Waals surface area contributed by atoms with Gasteiger partial charge in [0.2, 0.25) is 0 Å². The molecule has 0 radical (unpaired) electrons. The normalized spacial score (nSPS) is 11.4. The number of hydrogen-bond donors (Lipinski definition) is 1. The molecule has 32 heavy (non-hydrogen) atoms. The van der Waals surface area contributed by atoms with Crippen LogP contribution in [0.25, 0.3) is 22.0 Å². The molecule has 0 saturated carbocycles. The summed E-state index contributed by atoms with van der Waals surface area (Å²) in [4.78, 5) is 3.98. The fourth-order valence-corrected chi connectivity index (χ4v) is 3.83. The van der Waals surface area contributed by atoms with Crippen LogP contribution in [0.2, 0.25) is 0 Å². The van der Waals surface area contributed by atoms with E-state index < -0.39 is 10.1 Å². The number of benzene rings is 3. The van der Waals surface area contributed by atoms with Crippen LogP contribution in [0.5, 0.6) is 5.75 Å². The van der Waals surface area contributed by atoms with Crippen molar-refractivity contribution in [3.63, 3.8) is 0 Å². The van der Waals surface area contributed by atoms with E-state index in [1.165, 1.54) is 12.3 Å². The number of ether oxygens (including phenoxy) is 1. The summed E-state index contributed by atoms with van der Waals surface area (Å²) in [5, 5.41) is 8.83. The predicted octanol–water partition coefficient (Wildman–Crippen LogP) is 1.82. The van der Waals surface area contributed by atoms with Gasteiger partial charge in [0.1, 0.15) is 27.2 Å². The first kappa shape index (κ1) is 23.8. The molecule has 0 amide bonds. The van der Waals surface area contributed by atoms with E-state index >= 15 is 0 Å². The van der Waals surface area contributed by atoms with Gasteiger partial charge < -0.3 is 15.0 Å². The molecule has 0 unspecified atom stereocenters. The standard InChI is InChI=1S/C22H18N4O4S.Na/c1-30-16-9-6-14(7-10-16)19-11-8-15(13-24-19)25-26-20-12-21(31(27,28)29)17-4-2-3-5-18(17)22(20)23;/h2-13H,23H2,1H3,(H,27,28,29);/q;+1/p-1.